The first-order chi connectivity index (χ1) is 36.3. The number of aliphatic hydroxyl groups excluding tert-OH is 1. The Labute approximate surface area is 439 Å². The first-order valence-electron chi connectivity index (χ1n) is 26.6. The fraction of sp³-hybridized carbons (Fsp3) is 0.456. The quantitative estimate of drug-likeness (QED) is 0.0818. The van der Waals surface area contributed by atoms with E-state index in [1.807, 2.05) is 81.9 Å². The second-order valence-corrected chi connectivity index (χ2v) is 22.5. The number of likely N-dealkylation sites (tertiary alicyclic amines) is 2. The number of nitrogens with zero attached hydrogens (tertiary/aromatic N) is 8. The van der Waals surface area contributed by atoms with Crippen LogP contribution in [-0.2, 0) is 9.59 Å². The van der Waals surface area contributed by atoms with Crippen LogP contribution in [0.5, 0.6) is 17.6 Å². The van der Waals surface area contributed by atoms with Gasteiger partial charge in [-0.15, -0.1) is 11.3 Å². The minimum Gasteiger partial charge on any atom is -0.508 e. The molecule has 5 aliphatic rings. The van der Waals surface area contributed by atoms with E-state index in [9.17, 15) is 19.8 Å². The summed E-state index contributed by atoms with van der Waals surface area (Å²) < 4.78 is 18.7. The lowest BCUT2D eigenvalue weighted by molar-refractivity contribution is -0.141. The van der Waals surface area contributed by atoms with Crippen molar-refractivity contribution in [2.24, 2.45) is 5.92 Å². The van der Waals surface area contributed by atoms with Crippen LogP contribution in [0.1, 0.15) is 106 Å². The van der Waals surface area contributed by atoms with E-state index in [2.05, 4.69) is 49.6 Å². The third-order valence-electron chi connectivity index (χ3n) is 16.3. The number of pyridine rings is 1. The number of aryl methyl sites for hydroxylation is 1. The highest BCUT2D eigenvalue weighted by atomic mass is 32.1. The summed E-state index contributed by atoms with van der Waals surface area (Å²) in [5.41, 5.74) is 9.58. The largest absolute Gasteiger partial charge is 0.508 e. The number of ether oxygens (including phenoxy) is 2. The van der Waals surface area contributed by atoms with Crippen LogP contribution in [0.15, 0.2) is 76.9 Å². The number of hydrogen-bond donors (Lipinski definition) is 4. The van der Waals surface area contributed by atoms with Crippen molar-refractivity contribution in [2.75, 3.05) is 50.8 Å². The Hall–Kier alpha value is -6.73. The second kappa shape index (κ2) is 20.1. The smallest absolute Gasteiger partial charge is 0.319 e. The number of thiazole rings is 1. The van der Waals surface area contributed by atoms with Crippen LogP contribution in [0, 0.1) is 12.8 Å². The number of aromatic hydroxyl groups is 1. The molecule has 4 N–H and O–H groups in total. The fourth-order valence-corrected chi connectivity index (χ4v) is 13.2. The molecule has 2 amide bonds. The highest BCUT2D eigenvalue weighted by Crippen LogP contribution is 2.49. The summed E-state index contributed by atoms with van der Waals surface area (Å²) >= 11 is 1.59. The number of aromatic nitrogens is 5. The summed E-state index contributed by atoms with van der Waals surface area (Å²) in [6.45, 7) is 14.4. The summed E-state index contributed by atoms with van der Waals surface area (Å²) in [4.78, 5) is 55.3. The molecule has 7 atom stereocenters. The lowest BCUT2D eigenvalue weighted by atomic mass is 9.79. The number of piperazine rings is 1. The van der Waals surface area contributed by atoms with E-state index >= 15 is 0 Å². The van der Waals surface area contributed by atoms with Crippen LogP contribution < -0.4 is 25.0 Å². The van der Waals surface area contributed by atoms with Gasteiger partial charge in [-0.05, 0) is 90.2 Å². The summed E-state index contributed by atoms with van der Waals surface area (Å²) in [5, 5.41) is 35.7. The van der Waals surface area contributed by atoms with Gasteiger partial charge in [-0.3, -0.25) is 19.5 Å². The normalized spacial score (nSPS) is 22.5. The van der Waals surface area contributed by atoms with Gasteiger partial charge in [-0.1, -0.05) is 63.2 Å². The lowest BCUT2D eigenvalue weighted by Gasteiger charge is -2.35. The molecule has 75 heavy (non-hydrogen) atoms. The number of fused-ring (bicyclic) bond motifs is 6. The number of phenolic OH excluding ortho intramolecular Hbond substituents is 1. The number of anilines is 1. The van der Waals surface area contributed by atoms with Crippen LogP contribution in [0.25, 0.3) is 43.4 Å². The molecular formula is C57H64N10O7S. The third kappa shape index (κ3) is 9.44. The minimum atomic E-state index is -0.840. The highest BCUT2D eigenvalue weighted by molar-refractivity contribution is 7.13. The van der Waals surface area contributed by atoms with Gasteiger partial charge < -0.3 is 44.6 Å². The van der Waals surface area contributed by atoms with Gasteiger partial charge in [0, 0.05) is 87.1 Å². The minimum absolute atomic E-state index is 0.000556. The van der Waals surface area contributed by atoms with Gasteiger partial charge in [-0.2, -0.15) is 9.97 Å². The number of carbonyl (C=O) groups is 2. The van der Waals surface area contributed by atoms with Crippen molar-refractivity contribution in [2.45, 2.75) is 115 Å². The summed E-state index contributed by atoms with van der Waals surface area (Å²) in [6.07, 6.45) is 4.92. The first-order valence-corrected chi connectivity index (χ1v) is 27.5. The Morgan fingerprint density at radius 3 is 2.51 bits per heavy atom. The van der Waals surface area contributed by atoms with Crippen LogP contribution >= 0.6 is 11.3 Å². The van der Waals surface area contributed by atoms with Crippen molar-refractivity contribution in [1.29, 1.82) is 0 Å². The highest BCUT2D eigenvalue weighted by Gasteiger charge is 2.44. The SMILES string of the molecule is Cc1ncsc1-c1ccc([C@H](C)NC(=O)[C@@H]2C[C@@H](O)CN2C(=O)[C@H](c2cc(OC3CCN(CCOc4nc(N5CC6CCC(C5)N6)c5cnc6c(c5n4)C(C)c4cccc5cc(O)cc-6c45)CC3)no2)C(C)C)cc1. The Balaban J connectivity index is 0.682. The Morgan fingerprint density at radius 1 is 0.973 bits per heavy atom. The molecule has 3 aromatic carbocycles. The molecule has 0 spiro atoms. The van der Waals surface area contributed by atoms with Crippen molar-refractivity contribution in [3.8, 4) is 39.3 Å². The summed E-state index contributed by atoms with van der Waals surface area (Å²) in [6, 6.07) is 19.6. The number of aliphatic hydroxyl groups is 1. The number of rotatable bonds is 14. The van der Waals surface area contributed by atoms with E-state index in [0.717, 1.165) is 118 Å². The number of hydrogen-bond acceptors (Lipinski definition) is 16. The second-order valence-electron chi connectivity index (χ2n) is 21.6. The van der Waals surface area contributed by atoms with Crippen LogP contribution in [0.2, 0.25) is 0 Å². The molecule has 4 aromatic heterocycles. The maximum atomic E-state index is 14.4. The summed E-state index contributed by atoms with van der Waals surface area (Å²) in [5.74, 6) is 0.192. The van der Waals surface area contributed by atoms with Crippen LogP contribution in [0.3, 0.4) is 0 Å². The summed E-state index contributed by atoms with van der Waals surface area (Å²) in [7, 11) is 0. The maximum Gasteiger partial charge on any atom is 0.319 e. The molecule has 390 valence electrons. The number of amides is 2. The van der Waals surface area contributed by atoms with Gasteiger partial charge >= 0.3 is 6.01 Å². The van der Waals surface area contributed by atoms with Gasteiger partial charge in [0.05, 0.1) is 44.8 Å². The van der Waals surface area contributed by atoms with Crippen LogP contribution in [-0.4, -0.2) is 133 Å². The monoisotopic (exact) mass is 1030 g/mol. The number of nitrogens with one attached hydrogen (secondary N) is 2. The third-order valence-corrected chi connectivity index (χ3v) is 17.2. The van der Waals surface area contributed by atoms with Gasteiger partial charge in [-0.25, -0.2) is 4.98 Å². The topological polar surface area (TPSA) is 204 Å². The number of phenols is 1. The number of β-amino-alcohol motifs (C(OH)–C–C–N with tert-alkyl or cyclic N) is 1. The Kier molecular flexibility index (Phi) is 13.2. The van der Waals surface area contributed by atoms with Gasteiger partial charge in [0.2, 0.25) is 11.8 Å². The molecule has 17 nitrogen and oxygen atoms in total. The molecule has 0 radical (unpaired) electrons. The van der Waals surface area contributed by atoms with Crippen molar-refractivity contribution >= 4 is 50.6 Å². The number of piperidine rings is 1. The molecule has 7 aromatic rings. The molecular weight excluding hydrogens is 969 g/mol. The predicted molar refractivity (Wildman–Crippen MR) is 286 cm³/mol. The molecule has 3 unspecified atom stereocenters. The first kappa shape index (κ1) is 49.2. The zero-order valence-corrected chi connectivity index (χ0v) is 43.8. The van der Waals surface area contributed by atoms with Crippen molar-refractivity contribution in [3.63, 3.8) is 0 Å². The standard InChI is InChI=1S/C57H64N10O7S/c1-30(2)48(56(71)67-28-40(69)23-45(67)55(70)60-32(4)34-9-11-35(12-10-34)53-33(5)59-29-75-53)46-24-47(64-74-46)73-41-15-17-65(18-16-41)19-20-72-57-62-52-44(54(63-57)66-26-37-13-14-38(27-66)61-37)25-58-51-43-22-39(68)21-36-7-6-8-42(50(36)43)31(3)49(51)52/h6-12,21-22,24-25,29-32,37-38,40-41,45,48,61,68-69H,13-20,23,26-28H2,1-5H3,(H,60,70)/t31?,32-,37?,38?,40+,45-,48-/m0/s1. The average Bonchev–Trinajstić information content (AvgIpc) is 4.23. The Morgan fingerprint density at radius 2 is 1.76 bits per heavy atom. The molecule has 1 aliphatic carbocycles. The Bertz CT molecular complexity index is 3270. The predicted octanol–water partition coefficient (Wildman–Crippen LogP) is 7.88. The van der Waals surface area contributed by atoms with E-state index in [-0.39, 0.29) is 54.5 Å². The van der Waals surface area contributed by atoms with Gasteiger partial charge in [0.1, 0.15) is 36.2 Å². The maximum absolute atomic E-state index is 14.4. The van der Waals surface area contributed by atoms with Crippen molar-refractivity contribution < 1.29 is 33.8 Å². The molecule has 4 aliphatic heterocycles. The van der Waals surface area contributed by atoms with Crippen molar-refractivity contribution in [3.05, 3.63) is 101 Å². The lowest BCUT2D eigenvalue weighted by Crippen LogP contribution is -2.51. The molecule has 12 rings (SSSR count). The van der Waals surface area contributed by atoms with E-state index in [1.165, 1.54) is 10.5 Å². The molecule has 2 bridgehead atoms. The van der Waals surface area contributed by atoms with E-state index in [4.69, 9.17) is 28.9 Å². The van der Waals surface area contributed by atoms with Crippen molar-refractivity contribution in [1.82, 2.24) is 45.5 Å². The fourth-order valence-electron chi connectivity index (χ4n) is 12.4. The van der Waals surface area contributed by atoms with E-state index < -0.39 is 18.1 Å². The molecule has 4 saturated heterocycles. The number of benzene rings is 3. The molecule has 18 heteroatoms. The van der Waals surface area contributed by atoms with Crippen LogP contribution in [0.4, 0.5) is 5.82 Å². The molecule has 0 saturated carbocycles. The zero-order chi connectivity index (χ0) is 51.6. The van der Waals surface area contributed by atoms with Gasteiger partial charge in [0.25, 0.3) is 5.88 Å². The van der Waals surface area contributed by atoms with Gasteiger partial charge in [0.15, 0.2) is 5.76 Å². The van der Waals surface area contributed by atoms with E-state index in [1.54, 1.807) is 17.4 Å². The molecule has 4 fully saturated rings. The number of carbonyl (C=O) groups excluding carboxylic acids is 2. The molecule has 8 heterocycles. The zero-order valence-electron chi connectivity index (χ0n) is 43.0. The average molecular weight is 1030 g/mol. The van der Waals surface area contributed by atoms with E-state index in [0.29, 0.717) is 42.9 Å².